The summed E-state index contributed by atoms with van der Waals surface area (Å²) in [5, 5.41) is 0.943. The van der Waals surface area contributed by atoms with Gasteiger partial charge in [-0.2, -0.15) is 0 Å². The number of carbonyl (C=O) groups is 1. The largest absolute Gasteiger partial charge is 0.481 e. The van der Waals surface area contributed by atoms with Crippen molar-refractivity contribution in [1.82, 2.24) is 14.9 Å². The van der Waals surface area contributed by atoms with E-state index in [9.17, 15) is 4.79 Å². The van der Waals surface area contributed by atoms with Crippen LogP contribution in [0.15, 0.2) is 42.7 Å². The number of nitrogens with zero attached hydrogens (tertiary/aromatic N) is 2. The van der Waals surface area contributed by atoms with Gasteiger partial charge in [0.25, 0.3) is 0 Å². The molecule has 0 aliphatic heterocycles. The van der Waals surface area contributed by atoms with Crippen LogP contribution in [0.25, 0.3) is 10.9 Å². The zero-order valence-electron chi connectivity index (χ0n) is 14.6. The topological polar surface area (TPSA) is 67.5 Å². The van der Waals surface area contributed by atoms with E-state index in [0.717, 1.165) is 29.4 Å². The molecule has 2 heterocycles. The SMILES string of the molecule is COc1cc(C(=O)Oc2cccc3[nH]cc(CCN(C)C)c23)ccn1. The summed E-state index contributed by atoms with van der Waals surface area (Å²) in [4.78, 5) is 21.9. The van der Waals surface area contributed by atoms with E-state index in [2.05, 4.69) is 14.9 Å². The number of pyridine rings is 1. The van der Waals surface area contributed by atoms with Crippen molar-refractivity contribution in [2.24, 2.45) is 0 Å². The van der Waals surface area contributed by atoms with Gasteiger partial charge in [-0.25, -0.2) is 9.78 Å². The summed E-state index contributed by atoms with van der Waals surface area (Å²) in [6.45, 7) is 0.913. The molecule has 0 aliphatic rings. The minimum absolute atomic E-state index is 0.376. The van der Waals surface area contributed by atoms with Crippen LogP contribution < -0.4 is 9.47 Å². The smallest absolute Gasteiger partial charge is 0.343 e. The molecule has 130 valence electrons. The van der Waals surface area contributed by atoms with Crippen LogP contribution in [0.5, 0.6) is 11.6 Å². The van der Waals surface area contributed by atoms with Gasteiger partial charge in [-0.05, 0) is 44.3 Å². The summed E-state index contributed by atoms with van der Waals surface area (Å²) < 4.78 is 10.7. The number of rotatable bonds is 6. The van der Waals surface area contributed by atoms with Crippen molar-refractivity contribution in [1.29, 1.82) is 0 Å². The van der Waals surface area contributed by atoms with E-state index in [1.807, 2.05) is 38.5 Å². The lowest BCUT2D eigenvalue weighted by atomic mass is 10.1. The molecule has 0 bridgehead atoms. The van der Waals surface area contributed by atoms with Gasteiger partial charge in [-0.15, -0.1) is 0 Å². The van der Waals surface area contributed by atoms with Crippen LogP contribution in [0.2, 0.25) is 0 Å². The number of aromatic amines is 1. The highest BCUT2D eigenvalue weighted by Crippen LogP contribution is 2.30. The van der Waals surface area contributed by atoms with Crippen LogP contribution in [0.3, 0.4) is 0 Å². The summed E-state index contributed by atoms with van der Waals surface area (Å²) >= 11 is 0. The second-order valence-corrected chi connectivity index (χ2v) is 6.02. The van der Waals surface area contributed by atoms with Crippen molar-refractivity contribution in [3.8, 4) is 11.6 Å². The van der Waals surface area contributed by atoms with Gasteiger partial charge in [0.1, 0.15) is 5.75 Å². The highest BCUT2D eigenvalue weighted by Gasteiger charge is 2.15. The van der Waals surface area contributed by atoms with Crippen molar-refractivity contribution in [3.05, 3.63) is 53.9 Å². The Morgan fingerprint density at radius 2 is 2.12 bits per heavy atom. The number of aromatic nitrogens is 2. The standard InChI is InChI=1S/C19H21N3O3/c1-22(2)10-8-14-12-21-15-5-4-6-16(18(14)15)25-19(23)13-7-9-20-17(11-13)24-3/h4-7,9,11-12,21H,8,10H2,1-3H3. The molecule has 0 spiro atoms. The van der Waals surface area contributed by atoms with Crippen molar-refractivity contribution in [2.45, 2.75) is 6.42 Å². The third-order valence-corrected chi connectivity index (χ3v) is 3.96. The summed E-state index contributed by atoms with van der Waals surface area (Å²) in [5.41, 5.74) is 2.47. The Bertz CT molecular complexity index is 887. The van der Waals surface area contributed by atoms with E-state index in [1.54, 1.807) is 12.1 Å². The summed E-state index contributed by atoms with van der Waals surface area (Å²) in [6, 6.07) is 8.82. The Kier molecular flexibility index (Phi) is 5.00. The molecular formula is C19H21N3O3. The molecule has 1 aromatic carbocycles. The molecule has 6 heteroatoms. The Morgan fingerprint density at radius 1 is 1.28 bits per heavy atom. The van der Waals surface area contributed by atoms with Crippen LogP contribution in [-0.4, -0.2) is 48.6 Å². The van der Waals surface area contributed by atoms with Crippen LogP contribution in [-0.2, 0) is 6.42 Å². The minimum Gasteiger partial charge on any atom is -0.481 e. The highest BCUT2D eigenvalue weighted by molar-refractivity contribution is 5.96. The van der Waals surface area contributed by atoms with Crippen LogP contribution in [0.4, 0.5) is 0 Å². The number of nitrogens with one attached hydrogen (secondary N) is 1. The van der Waals surface area contributed by atoms with Crippen LogP contribution in [0, 0.1) is 0 Å². The van der Waals surface area contributed by atoms with E-state index in [-0.39, 0.29) is 0 Å². The fourth-order valence-electron chi connectivity index (χ4n) is 2.65. The molecule has 0 fully saturated rings. The van der Waals surface area contributed by atoms with Crippen molar-refractivity contribution < 1.29 is 14.3 Å². The first-order valence-electron chi connectivity index (χ1n) is 8.04. The van der Waals surface area contributed by atoms with Crippen molar-refractivity contribution >= 4 is 16.9 Å². The predicted octanol–water partition coefficient (Wildman–Crippen LogP) is 2.89. The summed E-state index contributed by atoms with van der Waals surface area (Å²) in [6.07, 6.45) is 4.36. The van der Waals surface area contributed by atoms with Gasteiger partial charge in [0.05, 0.1) is 12.7 Å². The van der Waals surface area contributed by atoms with Crippen molar-refractivity contribution in [3.63, 3.8) is 0 Å². The number of benzene rings is 1. The third-order valence-electron chi connectivity index (χ3n) is 3.96. The van der Waals surface area contributed by atoms with E-state index in [4.69, 9.17) is 9.47 Å². The van der Waals surface area contributed by atoms with Gasteiger partial charge >= 0.3 is 5.97 Å². The van der Waals surface area contributed by atoms with E-state index < -0.39 is 5.97 Å². The number of methoxy groups -OCH3 is 1. The summed E-state index contributed by atoms with van der Waals surface area (Å²) in [5.74, 6) is 0.488. The average molecular weight is 339 g/mol. The highest BCUT2D eigenvalue weighted by atomic mass is 16.5. The Balaban J connectivity index is 1.89. The average Bonchev–Trinajstić information content (AvgIpc) is 3.04. The second kappa shape index (κ2) is 7.36. The molecule has 3 aromatic rings. The zero-order valence-corrected chi connectivity index (χ0v) is 14.6. The molecule has 0 saturated heterocycles. The van der Waals surface area contributed by atoms with Gasteiger partial charge in [-0.1, -0.05) is 6.07 Å². The fourth-order valence-corrected chi connectivity index (χ4v) is 2.65. The van der Waals surface area contributed by atoms with E-state index >= 15 is 0 Å². The van der Waals surface area contributed by atoms with Gasteiger partial charge in [0, 0.05) is 35.9 Å². The maximum Gasteiger partial charge on any atom is 0.343 e. The van der Waals surface area contributed by atoms with E-state index in [1.165, 1.54) is 13.3 Å². The lowest BCUT2D eigenvalue weighted by molar-refractivity contribution is 0.0736. The number of esters is 1. The van der Waals surface area contributed by atoms with Gasteiger partial charge in [0.15, 0.2) is 0 Å². The maximum atomic E-state index is 12.5. The van der Waals surface area contributed by atoms with E-state index in [0.29, 0.717) is 17.2 Å². The predicted molar refractivity (Wildman–Crippen MR) is 96.3 cm³/mol. The molecule has 3 rings (SSSR count). The Labute approximate surface area is 146 Å². The minimum atomic E-state index is -0.437. The Hall–Kier alpha value is -2.86. The summed E-state index contributed by atoms with van der Waals surface area (Å²) in [7, 11) is 5.58. The molecule has 1 N–H and O–H groups in total. The first-order chi connectivity index (χ1) is 12.1. The second-order valence-electron chi connectivity index (χ2n) is 6.02. The van der Waals surface area contributed by atoms with Gasteiger partial charge in [-0.3, -0.25) is 0 Å². The fraction of sp³-hybridized carbons (Fsp3) is 0.263. The molecule has 6 nitrogen and oxygen atoms in total. The van der Waals surface area contributed by atoms with Gasteiger partial charge in [0.2, 0.25) is 5.88 Å². The molecule has 0 atom stereocenters. The molecule has 0 unspecified atom stereocenters. The number of likely N-dealkylation sites (N-methyl/N-ethyl adjacent to an activating group) is 1. The number of carbonyl (C=O) groups excluding carboxylic acids is 1. The maximum absolute atomic E-state index is 12.5. The monoisotopic (exact) mass is 339 g/mol. The van der Waals surface area contributed by atoms with Crippen molar-refractivity contribution in [2.75, 3.05) is 27.7 Å². The molecule has 0 aliphatic carbocycles. The van der Waals surface area contributed by atoms with Gasteiger partial charge < -0.3 is 19.4 Å². The Morgan fingerprint density at radius 3 is 2.88 bits per heavy atom. The quantitative estimate of drug-likeness (QED) is 0.552. The third kappa shape index (κ3) is 3.80. The molecule has 0 amide bonds. The molecular weight excluding hydrogens is 318 g/mol. The van der Waals surface area contributed by atoms with Crippen LogP contribution in [0.1, 0.15) is 15.9 Å². The first kappa shape index (κ1) is 17.0. The number of ether oxygens (including phenoxy) is 2. The molecule has 0 radical (unpaired) electrons. The number of H-pyrrole nitrogens is 1. The van der Waals surface area contributed by atoms with Crippen LogP contribution >= 0.6 is 0 Å². The normalized spacial score (nSPS) is 11.0. The molecule has 25 heavy (non-hydrogen) atoms. The zero-order chi connectivity index (χ0) is 17.8. The number of hydrogen-bond donors (Lipinski definition) is 1. The lowest BCUT2D eigenvalue weighted by Crippen LogP contribution is -2.15. The lowest BCUT2D eigenvalue weighted by Gasteiger charge is -2.10. The molecule has 0 saturated carbocycles. The first-order valence-corrected chi connectivity index (χ1v) is 8.04. The number of fused-ring (bicyclic) bond motifs is 1. The number of hydrogen-bond acceptors (Lipinski definition) is 5. The molecule has 2 aromatic heterocycles.